The summed E-state index contributed by atoms with van der Waals surface area (Å²) in [6, 6.07) is 16.6. The van der Waals surface area contributed by atoms with Crippen LogP contribution in [0, 0.1) is 0 Å². The molecule has 3 aromatic carbocycles. The minimum absolute atomic E-state index is 0.0648. The molecule has 0 spiro atoms. The molecular weight excluding hydrogens is 391 g/mol. The number of esters is 2. The van der Waals surface area contributed by atoms with Crippen LogP contribution in [0.15, 0.2) is 66.7 Å². The molecule has 0 aliphatic carbocycles. The normalized spacial score (nSPS) is 10.3. The molecule has 0 bridgehead atoms. The fourth-order valence-electron chi connectivity index (χ4n) is 2.22. The molecule has 3 rings (SSSR count). The average molecular weight is 403 g/mol. The summed E-state index contributed by atoms with van der Waals surface area (Å²) in [7, 11) is 0. The number of phenolic OH excluding ortho intramolecular Hbond substituents is 1. The van der Waals surface area contributed by atoms with Crippen molar-refractivity contribution in [1.82, 2.24) is 0 Å². The second kappa shape index (κ2) is 8.12. The zero-order valence-corrected chi connectivity index (χ0v) is 15.2. The van der Waals surface area contributed by atoms with Gasteiger partial charge in [-0.25, -0.2) is 9.59 Å². The van der Waals surface area contributed by atoms with E-state index < -0.39 is 11.9 Å². The number of carbonyl (C=O) groups excluding carboxylic acids is 2. The Morgan fingerprint density at radius 1 is 0.741 bits per heavy atom. The third kappa shape index (κ3) is 4.39. The molecule has 0 saturated heterocycles. The van der Waals surface area contributed by atoms with Gasteiger partial charge in [-0.2, -0.15) is 0 Å². The molecular formula is C20H12Cl2O5. The standard InChI is InChI=1S/C20H12Cl2O5/c21-15-7-3-1-5-13(15)19(24)26-12-9-10-18(17(23)11-12)27-20(25)14-6-2-4-8-16(14)22/h1-11,23H. The van der Waals surface area contributed by atoms with Gasteiger partial charge in [0, 0.05) is 6.07 Å². The fourth-order valence-corrected chi connectivity index (χ4v) is 2.64. The summed E-state index contributed by atoms with van der Waals surface area (Å²) in [5.41, 5.74) is 0.348. The number of benzene rings is 3. The van der Waals surface area contributed by atoms with Crippen LogP contribution in [0.25, 0.3) is 0 Å². The quantitative estimate of drug-likeness (QED) is 0.483. The highest BCUT2D eigenvalue weighted by Crippen LogP contribution is 2.32. The molecule has 0 atom stereocenters. The molecule has 0 aliphatic rings. The van der Waals surface area contributed by atoms with Crippen molar-refractivity contribution in [2.24, 2.45) is 0 Å². The van der Waals surface area contributed by atoms with Crippen molar-refractivity contribution in [3.63, 3.8) is 0 Å². The lowest BCUT2D eigenvalue weighted by Crippen LogP contribution is -2.10. The van der Waals surface area contributed by atoms with Crippen molar-refractivity contribution in [2.45, 2.75) is 0 Å². The Kier molecular flexibility index (Phi) is 5.64. The molecule has 0 aromatic heterocycles. The maximum absolute atomic E-state index is 12.2. The van der Waals surface area contributed by atoms with Gasteiger partial charge in [-0.15, -0.1) is 0 Å². The van der Waals surface area contributed by atoms with Crippen molar-refractivity contribution < 1.29 is 24.2 Å². The van der Waals surface area contributed by atoms with E-state index in [9.17, 15) is 14.7 Å². The first kappa shape index (κ1) is 18.8. The Morgan fingerprint density at radius 2 is 1.26 bits per heavy atom. The van der Waals surface area contributed by atoms with Gasteiger partial charge in [0.2, 0.25) is 0 Å². The predicted molar refractivity (Wildman–Crippen MR) is 101 cm³/mol. The topological polar surface area (TPSA) is 72.8 Å². The van der Waals surface area contributed by atoms with Gasteiger partial charge in [0.15, 0.2) is 11.5 Å². The van der Waals surface area contributed by atoms with Gasteiger partial charge >= 0.3 is 11.9 Å². The number of hydrogen-bond donors (Lipinski definition) is 1. The van der Waals surface area contributed by atoms with E-state index in [4.69, 9.17) is 32.7 Å². The smallest absolute Gasteiger partial charge is 0.345 e. The second-order valence-electron chi connectivity index (χ2n) is 5.37. The first-order valence-electron chi connectivity index (χ1n) is 7.72. The lowest BCUT2D eigenvalue weighted by molar-refractivity contribution is 0.0715. The summed E-state index contributed by atoms with van der Waals surface area (Å²) < 4.78 is 10.3. The zero-order chi connectivity index (χ0) is 19.4. The number of ether oxygens (including phenoxy) is 2. The van der Waals surface area contributed by atoms with E-state index >= 15 is 0 Å². The van der Waals surface area contributed by atoms with Crippen molar-refractivity contribution in [2.75, 3.05) is 0 Å². The van der Waals surface area contributed by atoms with Gasteiger partial charge in [0.25, 0.3) is 0 Å². The van der Waals surface area contributed by atoms with Gasteiger partial charge in [-0.05, 0) is 36.4 Å². The summed E-state index contributed by atoms with van der Waals surface area (Å²) in [5, 5.41) is 10.5. The van der Waals surface area contributed by atoms with E-state index in [2.05, 4.69) is 0 Å². The van der Waals surface area contributed by atoms with Crippen LogP contribution in [-0.2, 0) is 0 Å². The highest BCUT2D eigenvalue weighted by Gasteiger charge is 2.17. The average Bonchev–Trinajstić information content (AvgIpc) is 2.64. The van der Waals surface area contributed by atoms with E-state index in [1.54, 1.807) is 36.4 Å². The lowest BCUT2D eigenvalue weighted by atomic mass is 10.2. The highest BCUT2D eigenvalue weighted by molar-refractivity contribution is 6.34. The molecule has 0 saturated carbocycles. The van der Waals surface area contributed by atoms with E-state index in [-0.39, 0.29) is 38.4 Å². The maximum atomic E-state index is 12.2. The molecule has 27 heavy (non-hydrogen) atoms. The first-order chi connectivity index (χ1) is 13.0. The number of phenols is 1. The Labute approximate surface area is 164 Å². The molecule has 7 heteroatoms. The zero-order valence-electron chi connectivity index (χ0n) is 13.7. The number of carbonyl (C=O) groups is 2. The molecule has 0 radical (unpaired) electrons. The van der Waals surface area contributed by atoms with Gasteiger partial charge in [0.1, 0.15) is 5.75 Å². The Bertz CT molecular complexity index is 1020. The molecule has 0 amide bonds. The van der Waals surface area contributed by atoms with Crippen LogP contribution in [0.5, 0.6) is 17.2 Å². The Balaban J connectivity index is 1.74. The van der Waals surface area contributed by atoms with Gasteiger partial charge in [-0.1, -0.05) is 47.5 Å². The Morgan fingerprint density at radius 3 is 1.78 bits per heavy atom. The summed E-state index contributed by atoms with van der Waals surface area (Å²) in [4.78, 5) is 24.3. The third-order valence-electron chi connectivity index (χ3n) is 3.53. The predicted octanol–water partition coefficient (Wildman–Crippen LogP) is 5.14. The number of halogens is 2. The van der Waals surface area contributed by atoms with E-state index in [0.29, 0.717) is 0 Å². The summed E-state index contributed by atoms with van der Waals surface area (Å²) in [6.07, 6.45) is 0. The van der Waals surface area contributed by atoms with Crippen molar-refractivity contribution >= 4 is 35.1 Å². The molecule has 136 valence electrons. The molecule has 0 aliphatic heterocycles. The van der Waals surface area contributed by atoms with Crippen LogP contribution in [0.1, 0.15) is 20.7 Å². The van der Waals surface area contributed by atoms with Crippen LogP contribution in [0.4, 0.5) is 0 Å². The Hall–Kier alpha value is -3.02. The molecule has 0 unspecified atom stereocenters. The van der Waals surface area contributed by atoms with Crippen molar-refractivity contribution in [3.05, 3.63) is 87.9 Å². The van der Waals surface area contributed by atoms with E-state index in [1.807, 2.05) is 0 Å². The van der Waals surface area contributed by atoms with Crippen LogP contribution >= 0.6 is 23.2 Å². The van der Waals surface area contributed by atoms with Crippen molar-refractivity contribution in [3.8, 4) is 17.2 Å². The molecule has 0 heterocycles. The van der Waals surface area contributed by atoms with E-state index in [1.165, 1.54) is 24.3 Å². The summed E-state index contributed by atoms with van der Waals surface area (Å²) in [6.45, 7) is 0. The fraction of sp³-hybridized carbons (Fsp3) is 0. The SMILES string of the molecule is O=C(Oc1ccc(OC(=O)c2ccccc2Cl)c(O)c1)c1ccccc1Cl. The minimum atomic E-state index is -0.725. The number of aromatic hydroxyl groups is 1. The first-order valence-corrected chi connectivity index (χ1v) is 8.47. The van der Waals surface area contributed by atoms with Crippen molar-refractivity contribution in [1.29, 1.82) is 0 Å². The monoisotopic (exact) mass is 402 g/mol. The largest absolute Gasteiger partial charge is 0.504 e. The molecule has 3 aromatic rings. The minimum Gasteiger partial charge on any atom is -0.504 e. The number of rotatable bonds is 4. The van der Waals surface area contributed by atoms with Crippen LogP contribution in [0.2, 0.25) is 10.0 Å². The number of hydrogen-bond acceptors (Lipinski definition) is 5. The van der Waals surface area contributed by atoms with Crippen LogP contribution < -0.4 is 9.47 Å². The summed E-state index contributed by atoms with van der Waals surface area (Å²) >= 11 is 11.9. The highest BCUT2D eigenvalue weighted by atomic mass is 35.5. The molecule has 1 N–H and O–H groups in total. The second-order valence-corrected chi connectivity index (χ2v) is 6.18. The van der Waals surface area contributed by atoms with Gasteiger partial charge in [0.05, 0.1) is 21.2 Å². The summed E-state index contributed by atoms with van der Waals surface area (Å²) in [5.74, 6) is -1.81. The van der Waals surface area contributed by atoms with E-state index in [0.717, 1.165) is 6.07 Å². The van der Waals surface area contributed by atoms with Crippen LogP contribution in [0.3, 0.4) is 0 Å². The maximum Gasteiger partial charge on any atom is 0.345 e. The third-order valence-corrected chi connectivity index (χ3v) is 4.19. The van der Waals surface area contributed by atoms with Gasteiger partial charge < -0.3 is 14.6 Å². The molecule has 5 nitrogen and oxygen atoms in total. The van der Waals surface area contributed by atoms with Gasteiger partial charge in [-0.3, -0.25) is 0 Å². The lowest BCUT2D eigenvalue weighted by Gasteiger charge is -2.10. The van der Waals surface area contributed by atoms with Crippen LogP contribution in [-0.4, -0.2) is 17.0 Å². The molecule has 0 fully saturated rings.